The molecular weight excluding hydrogens is 242 g/mol. The molecule has 0 aliphatic rings. The minimum atomic E-state index is 0.339. The maximum absolute atomic E-state index is 5.52. The Morgan fingerprint density at radius 3 is 2.42 bits per heavy atom. The Bertz CT molecular complexity index is 383. The highest BCUT2D eigenvalue weighted by Crippen LogP contribution is 2.17. The summed E-state index contributed by atoms with van der Waals surface area (Å²) in [6, 6.07) is 0.726. The van der Waals surface area contributed by atoms with E-state index in [1.807, 2.05) is 0 Å². The number of nitrogens with one attached hydrogen (secondary N) is 1. The van der Waals surface area contributed by atoms with Crippen molar-refractivity contribution in [2.75, 3.05) is 30.4 Å². The third kappa shape index (κ3) is 4.54. The summed E-state index contributed by atoms with van der Waals surface area (Å²) < 4.78 is 5.52. The lowest BCUT2D eigenvalue weighted by molar-refractivity contribution is 0.291. The molecule has 0 amide bonds. The van der Waals surface area contributed by atoms with Gasteiger partial charge in [-0.15, -0.1) is 0 Å². The van der Waals surface area contributed by atoms with E-state index in [1.165, 1.54) is 0 Å². The summed E-state index contributed by atoms with van der Waals surface area (Å²) in [5.41, 5.74) is 0. The standard InChI is InChI=1S/C13H25N5O/c1-6-8-18(10(3)4)12-15-11(14-5)16-13(17-12)19-9-7-2/h10H,6-9H2,1-5H3,(H,14,15,16,17). The average molecular weight is 267 g/mol. The molecule has 0 radical (unpaired) electrons. The summed E-state index contributed by atoms with van der Waals surface area (Å²) in [5, 5.41) is 2.95. The van der Waals surface area contributed by atoms with Crippen LogP contribution >= 0.6 is 0 Å². The van der Waals surface area contributed by atoms with Gasteiger partial charge in [0.2, 0.25) is 11.9 Å². The Labute approximate surface area is 115 Å². The van der Waals surface area contributed by atoms with Crippen molar-refractivity contribution in [2.45, 2.75) is 46.6 Å². The van der Waals surface area contributed by atoms with Crippen LogP contribution in [0.3, 0.4) is 0 Å². The first-order valence-electron chi connectivity index (χ1n) is 6.95. The Balaban J connectivity index is 3.02. The molecule has 6 nitrogen and oxygen atoms in total. The highest BCUT2D eigenvalue weighted by atomic mass is 16.5. The van der Waals surface area contributed by atoms with Crippen LogP contribution in [0.1, 0.15) is 40.5 Å². The molecule has 0 fully saturated rings. The minimum Gasteiger partial charge on any atom is -0.463 e. The molecular formula is C13H25N5O. The Hall–Kier alpha value is -1.59. The van der Waals surface area contributed by atoms with Gasteiger partial charge < -0.3 is 15.0 Å². The van der Waals surface area contributed by atoms with Crippen LogP contribution in [0.15, 0.2) is 0 Å². The van der Waals surface area contributed by atoms with Crippen molar-refractivity contribution < 1.29 is 4.74 Å². The van der Waals surface area contributed by atoms with Crippen molar-refractivity contribution in [3.8, 4) is 6.01 Å². The summed E-state index contributed by atoms with van der Waals surface area (Å²) in [7, 11) is 1.79. The summed E-state index contributed by atoms with van der Waals surface area (Å²) in [4.78, 5) is 15.2. The zero-order valence-electron chi connectivity index (χ0n) is 12.6. The molecule has 0 saturated carbocycles. The predicted molar refractivity (Wildman–Crippen MR) is 77.9 cm³/mol. The quantitative estimate of drug-likeness (QED) is 0.780. The van der Waals surface area contributed by atoms with E-state index in [-0.39, 0.29) is 0 Å². The highest BCUT2D eigenvalue weighted by molar-refractivity contribution is 5.38. The van der Waals surface area contributed by atoms with Crippen molar-refractivity contribution in [1.82, 2.24) is 15.0 Å². The van der Waals surface area contributed by atoms with Gasteiger partial charge in [-0.3, -0.25) is 0 Å². The van der Waals surface area contributed by atoms with Gasteiger partial charge in [-0.2, -0.15) is 15.0 Å². The van der Waals surface area contributed by atoms with Crippen molar-refractivity contribution in [3.05, 3.63) is 0 Å². The summed E-state index contributed by atoms with van der Waals surface area (Å²) >= 11 is 0. The fraction of sp³-hybridized carbons (Fsp3) is 0.769. The van der Waals surface area contributed by atoms with Crippen LogP contribution in [0.5, 0.6) is 6.01 Å². The van der Waals surface area contributed by atoms with Crippen molar-refractivity contribution in [2.24, 2.45) is 0 Å². The molecule has 1 rings (SSSR count). The minimum absolute atomic E-state index is 0.339. The Morgan fingerprint density at radius 2 is 1.89 bits per heavy atom. The van der Waals surface area contributed by atoms with E-state index >= 15 is 0 Å². The van der Waals surface area contributed by atoms with Gasteiger partial charge >= 0.3 is 6.01 Å². The van der Waals surface area contributed by atoms with Crippen molar-refractivity contribution in [1.29, 1.82) is 0 Å². The fourth-order valence-electron chi connectivity index (χ4n) is 1.67. The molecule has 6 heteroatoms. The summed E-state index contributed by atoms with van der Waals surface area (Å²) in [6.45, 7) is 9.99. The molecule has 0 atom stereocenters. The topological polar surface area (TPSA) is 63.2 Å². The number of nitrogens with zero attached hydrogens (tertiary/aromatic N) is 4. The zero-order chi connectivity index (χ0) is 14.3. The van der Waals surface area contributed by atoms with Crippen LogP contribution in [0, 0.1) is 0 Å². The largest absolute Gasteiger partial charge is 0.463 e. The second-order valence-electron chi connectivity index (χ2n) is 4.63. The van der Waals surface area contributed by atoms with Crippen molar-refractivity contribution in [3.63, 3.8) is 0 Å². The SMILES string of the molecule is CCCOc1nc(NC)nc(N(CCC)C(C)C)n1. The smallest absolute Gasteiger partial charge is 0.323 e. The first-order valence-corrected chi connectivity index (χ1v) is 6.95. The third-order valence-corrected chi connectivity index (χ3v) is 2.61. The van der Waals surface area contributed by atoms with Crippen LogP contribution in [-0.4, -0.2) is 41.2 Å². The second kappa shape index (κ2) is 7.76. The van der Waals surface area contributed by atoms with E-state index in [0.717, 1.165) is 19.4 Å². The first-order chi connectivity index (χ1) is 9.12. The van der Waals surface area contributed by atoms with E-state index in [0.29, 0.717) is 30.6 Å². The third-order valence-electron chi connectivity index (χ3n) is 2.61. The van der Waals surface area contributed by atoms with E-state index in [4.69, 9.17) is 4.74 Å². The van der Waals surface area contributed by atoms with Gasteiger partial charge in [0.15, 0.2) is 0 Å². The zero-order valence-corrected chi connectivity index (χ0v) is 12.6. The molecule has 0 saturated heterocycles. The number of anilines is 2. The molecule has 0 aromatic carbocycles. The first kappa shape index (κ1) is 15.5. The summed E-state index contributed by atoms with van der Waals surface area (Å²) in [6.07, 6.45) is 1.97. The van der Waals surface area contributed by atoms with Crippen LogP contribution < -0.4 is 15.0 Å². The van der Waals surface area contributed by atoms with E-state index in [2.05, 4.69) is 52.9 Å². The average Bonchev–Trinajstić information content (AvgIpc) is 2.41. The monoisotopic (exact) mass is 267 g/mol. The lowest BCUT2D eigenvalue weighted by Gasteiger charge is -2.26. The van der Waals surface area contributed by atoms with Gasteiger partial charge in [0.1, 0.15) is 0 Å². The maximum atomic E-state index is 5.52. The van der Waals surface area contributed by atoms with Gasteiger partial charge in [0.05, 0.1) is 6.61 Å². The van der Waals surface area contributed by atoms with Crippen LogP contribution in [0.2, 0.25) is 0 Å². The second-order valence-corrected chi connectivity index (χ2v) is 4.63. The van der Waals surface area contributed by atoms with E-state index in [9.17, 15) is 0 Å². The maximum Gasteiger partial charge on any atom is 0.323 e. The molecule has 0 spiro atoms. The fourth-order valence-corrected chi connectivity index (χ4v) is 1.67. The predicted octanol–water partition coefficient (Wildman–Crippen LogP) is 2.33. The van der Waals surface area contributed by atoms with Gasteiger partial charge in [0, 0.05) is 19.6 Å². The van der Waals surface area contributed by atoms with Gasteiger partial charge in [-0.05, 0) is 26.7 Å². The molecule has 0 bridgehead atoms. The van der Waals surface area contributed by atoms with Crippen LogP contribution in [-0.2, 0) is 0 Å². The number of hydrogen-bond acceptors (Lipinski definition) is 6. The molecule has 1 aromatic rings. The van der Waals surface area contributed by atoms with E-state index in [1.54, 1.807) is 7.05 Å². The number of rotatable bonds is 8. The summed E-state index contributed by atoms with van der Waals surface area (Å²) in [5.74, 6) is 1.21. The van der Waals surface area contributed by atoms with E-state index < -0.39 is 0 Å². The normalized spacial score (nSPS) is 10.6. The molecule has 108 valence electrons. The van der Waals surface area contributed by atoms with Gasteiger partial charge in [0.25, 0.3) is 0 Å². The van der Waals surface area contributed by atoms with Gasteiger partial charge in [-0.25, -0.2) is 0 Å². The number of hydrogen-bond donors (Lipinski definition) is 1. The number of ether oxygens (including phenoxy) is 1. The molecule has 1 heterocycles. The lowest BCUT2D eigenvalue weighted by Crippen LogP contribution is -2.33. The molecule has 0 aliphatic carbocycles. The molecule has 19 heavy (non-hydrogen) atoms. The number of aromatic nitrogens is 3. The molecule has 1 aromatic heterocycles. The Kier molecular flexibility index (Phi) is 6.32. The van der Waals surface area contributed by atoms with Crippen LogP contribution in [0.25, 0.3) is 0 Å². The molecule has 0 unspecified atom stereocenters. The van der Waals surface area contributed by atoms with Crippen LogP contribution in [0.4, 0.5) is 11.9 Å². The lowest BCUT2D eigenvalue weighted by atomic mass is 10.3. The Morgan fingerprint density at radius 1 is 1.16 bits per heavy atom. The highest BCUT2D eigenvalue weighted by Gasteiger charge is 2.15. The molecule has 0 aliphatic heterocycles. The molecule has 1 N–H and O–H groups in total. The van der Waals surface area contributed by atoms with Crippen molar-refractivity contribution >= 4 is 11.9 Å². The van der Waals surface area contributed by atoms with Gasteiger partial charge in [-0.1, -0.05) is 13.8 Å².